The second-order valence-electron chi connectivity index (χ2n) is 5.59. The Hall–Kier alpha value is -2.48. The molecule has 0 aromatic heterocycles. The Labute approximate surface area is 123 Å². The molecule has 1 aromatic carbocycles. The van der Waals surface area contributed by atoms with Crippen LogP contribution in [-0.4, -0.2) is 17.5 Å². The second kappa shape index (κ2) is 4.52. The van der Waals surface area contributed by atoms with Crippen LogP contribution in [0.15, 0.2) is 76.9 Å². The number of carbonyl (C=O) groups excluding carboxylic acids is 1. The van der Waals surface area contributed by atoms with Gasteiger partial charge >= 0.3 is 0 Å². The lowest BCUT2D eigenvalue weighted by atomic mass is 9.80. The molecule has 0 spiro atoms. The SMILES string of the molecule is CC1=C(c2ccccc2)C2=N[C@H]3C=CC=C[C@H]3C2=CC1=O. The summed E-state index contributed by atoms with van der Waals surface area (Å²) >= 11 is 0. The first-order valence-electron chi connectivity index (χ1n) is 7.21. The average molecular weight is 273 g/mol. The van der Waals surface area contributed by atoms with Crippen molar-refractivity contribution in [3.8, 4) is 0 Å². The van der Waals surface area contributed by atoms with E-state index in [0.717, 1.165) is 28.0 Å². The quantitative estimate of drug-likeness (QED) is 0.720. The number of ketones is 1. The third-order valence-corrected chi connectivity index (χ3v) is 4.35. The molecule has 102 valence electrons. The molecule has 3 aliphatic rings. The third kappa shape index (κ3) is 1.79. The molecule has 0 fully saturated rings. The van der Waals surface area contributed by atoms with Crippen LogP contribution in [-0.2, 0) is 4.79 Å². The van der Waals surface area contributed by atoms with Gasteiger partial charge in [0.2, 0.25) is 0 Å². The average Bonchev–Trinajstić information content (AvgIpc) is 2.87. The van der Waals surface area contributed by atoms with Gasteiger partial charge in [-0.25, -0.2) is 0 Å². The van der Waals surface area contributed by atoms with E-state index in [9.17, 15) is 4.79 Å². The Morgan fingerprint density at radius 3 is 2.62 bits per heavy atom. The van der Waals surface area contributed by atoms with Gasteiger partial charge in [-0.2, -0.15) is 0 Å². The van der Waals surface area contributed by atoms with Gasteiger partial charge in [-0.15, -0.1) is 0 Å². The summed E-state index contributed by atoms with van der Waals surface area (Å²) in [5.41, 5.74) is 4.91. The van der Waals surface area contributed by atoms with E-state index in [1.54, 1.807) is 6.08 Å². The molecular weight excluding hydrogens is 258 g/mol. The van der Waals surface area contributed by atoms with Crippen LogP contribution >= 0.6 is 0 Å². The maximum atomic E-state index is 12.4. The fraction of sp³-hybridized carbons (Fsp3) is 0.158. The Balaban J connectivity index is 1.90. The summed E-state index contributed by atoms with van der Waals surface area (Å²) in [6.07, 6.45) is 10.1. The highest BCUT2D eigenvalue weighted by molar-refractivity contribution is 6.41. The van der Waals surface area contributed by atoms with Crippen LogP contribution in [0.3, 0.4) is 0 Å². The number of benzene rings is 1. The molecule has 1 aliphatic heterocycles. The van der Waals surface area contributed by atoms with Gasteiger partial charge in [-0.3, -0.25) is 9.79 Å². The molecule has 0 radical (unpaired) electrons. The maximum absolute atomic E-state index is 12.4. The predicted molar refractivity (Wildman–Crippen MR) is 85.1 cm³/mol. The van der Waals surface area contributed by atoms with E-state index >= 15 is 0 Å². The number of hydrogen-bond donors (Lipinski definition) is 0. The predicted octanol–water partition coefficient (Wildman–Crippen LogP) is 3.53. The van der Waals surface area contributed by atoms with Gasteiger partial charge in [0.1, 0.15) is 0 Å². The van der Waals surface area contributed by atoms with Crippen LogP contribution in [0.5, 0.6) is 0 Å². The number of hydrogen-bond acceptors (Lipinski definition) is 2. The highest BCUT2D eigenvalue weighted by Crippen LogP contribution is 2.40. The molecule has 2 atom stereocenters. The van der Waals surface area contributed by atoms with Crippen LogP contribution < -0.4 is 0 Å². The second-order valence-corrected chi connectivity index (χ2v) is 5.59. The van der Waals surface area contributed by atoms with Crippen molar-refractivity contribution in [2.45, 2.75) is 13.0 Å². The molecule has 21 heavy (non-hydrogen) atoms. The maximum Gasteiger partial charge on any atom is 0.182 e. The number of allylic oxidation sites excluding steroid dienone is 5. The van der Waals surface area contributed by atoms with Gasteiger partial charge in [0, 0.05) is 17.1 Å². The molecule has 0 bridgehead atoms. The van der Waals surface area contributed by atoms with Gasteiger partial charge in [0.15, 0.2) is 5.78 Å². The normalized spacial score (nSPS) is 26.4. The van der Waals surface area contributed by atoms with Gasteiger partial charge in [0.25, 0.3) is 0 Å². The van der Waals surface area contributed by atoms with Crippen LogP contribution in [0, 0.1) is 5.92 Å². The highest BCUT2D eigenvalue weighted by Gasteiger charge is 2.37. The van der Waals surface area contributed by atoms with Crippen LogP contribution in [0.2, 0.25) is 0 Å². The van der Waals surface area contributed by atoms with Crippen molar-refractivity contribution in [2.24, 2.45) is 10.9 Å². The van der Waals surface area contributed by atoms with Gasteiger partial charge < -0.3 is 0 Å². The largest absolute Gasteiger partial charge is 0.290 e. The third-order valence-electron chi connectivity index (χ3n) is 4.35. The zero-order valence-electron chi connectivity index (χ0n) is 11.8. The summed E-state index contributed by atoms with van der Waals surface area (Å²) < 4.78 is 0. The lowest BCUT2D eigenvalue weighted by Gasteiger charge is -2.20. The lowest BCUT2D eigenvalue weighted by Crippen LogP contribution is -2.19. The molecule has 0 amide bonds. The Bertz CT molecular complexity index is 775. The summed E-state index contributed by atoms with van der Waals surface area (Å²) in [4.78, 5) is 17.2. The summed E-state index contributed by atoms with van der Waals surface area (Å²) in [5.74, 6) is 0.312. The Morgan fingerprint density at radius 2 is 1.81 bits per heavy atom. The molecular formula is C19H15NO. The molecule has 4 rings (SSSR count). The van der Waals surface area contributed by atoms with Gasteiger partial charge in [0.05, 0.1) is 11.8 Å². The van der Waals surface area contributed by atoms with E-state index in [1.165, 1.54) is 0 Å². The van der Waals surface area contributed by atoms with Gasteiger partial charge in [-0.1, -0.05) is 54.6 Å². The van der Waals surface area contributed by atoms with Gasteiger partial charge in [-0.05, 0) is 24.1 Å². The summed E-state index contributed by atoms with van der Waals surface area (Å²) in [7, 11) is 0. The first kappa shape index (κ1) is 12.3. The van der Waals surface area contributed by atoms with E-state index < -0.39 is 0 Å². The van der Waals surface area contributed by atoms with Crippen molar-refractivity contribution < 1.29 is 4.79 Å². The van der Waals surface area contributed by atoms with Crippen molar-refractivity contribution in [1.82, 2.24) is 0 Å². The number of fused-ring (bicyclic) bond motifs is 3. The van der Waals surface area contributed by atoms with E-state index in [-0.39, 0.29) is 17.7 Å². The van der Waals surface area contributed by atoms with E-state index in [1.807, 2.05) is 49.4 Å². The molecule has 1 aromatic rings. The topological polar surface area (TPSA) is 29.4 Å². The number of rotatable bonds is 1. The van der Waals surface area contributed by atoms with Crippen molar-refractivity contribution in [3.05, 3.63) is 77.4 Å². The molecule has 0 saturated heterocycles. The molecule has 1 heterocycles. The van der Waals surface area contributed by atoms with E-state index in [2.05, 4.69) is 12.2 Å². The van der Waals surface area contributed by atoms with E-state index in [4.69, 9.17) is 4.99 Å². The molecule has 0 saturated carbocycles. The minimum atomic E-state index is 0.103. The van der Waals surface area contributed by atoms with Crippen LogP contribution in [0.4, 0.5) is 0 Å². The van der Waals surface area contributed by atoms with Crippen molar-refractivity contribution in [2.75, 3.05) is 0 Å². The minimum Gasteiger partial charge on any atom is -0.290 e. The van der Waals surface area contributed by atoms with Crippen molar-refractivity contribution in [1.29, 1.82) is 0 Å². The smallest absolute Gasteiger partial charge is 0.182 e. The van der Waals surface area contributed by atoms with Crippen LogP contribution in [0.25, 0.3) is 5.57 Å². The first-order valence-corrected chi connectivity index (χ1v) is 7.21. The molecule has 2 heteroatoms. The summed E-state index contributed by atoms with van der Waals surface area (Å²) in [6, 6.07) is 10.2. The monoisotopic (exact) mass is 273 g/mol. The summed E-state index contributed by atoms with van der Waals surface area (Å²) in [5, 5.41) is 0. The Morgan fingerprint density at radius 1 is 1.05 bits per heavy atom. The molecule has 0 N–H and O–H groups in total. The lowest BCUT2D eigenvalue weighted by molar-refractivity contribution is -0.111. The zero-order chi connectivity index (χ0) is 14.4. The highest BCUT2D eigenvalue weighted by atomic mass is 16.1. The number of aliphatic imine (C=N–C) groups is 1. The van der Waals surface area contributed by atoms with Crippen LogP contribution in [0.1, 0.15) is 12.5 Å². The molecule has 0 unspecified atom stereocenters. The fourth-order valence-electron chi connectivity index (χ4n) is 3.27. The molecule has 2 aliphatic carbocycles. The summed E-state index contributed by atoms with van der Waals surface area (Å²) in [6.45, 7) is 1.90. The standard InChI is InChI=1S/C19H15NO/c1-12-17(21)11-15-14-9-5-6-10-16(14)20-19(15)18(12)13-7-3-2-4-8-13/h2-11,14,16H,1H3/t14-,16-/m0/s1. The minimum absolute atomic E-state index is 0.103. The Kier molecular flexibility index (Phi) is 2.64. The zero-order valence-corrected chi connectivity index (χ0v) is 11.8. The number of carbonyl (C=O) groups is 1. The fourth-order valence-corrected chi connectivity index (χ4v) is 3.27. The van der Waals surface area contributed by atoms with E-state index in [0.29, 0.717) is 0 Å². The first-order chi connectivity index (χ1) is 10.3. The molecule has 2 nitrogen and oxygen atoms in total. The van der Waals surface area contributed by atoms with Crippen molar-refractivity contribution >= 4 is 17.1 Å². The van der Waals surface area contributed by atoms with Crippen molar-refractivity contribution in [3.63, 3.8) is 0 Å². The number of nitrogens with zero attached hydrogens (tertiary/aromatic N) is 1.